The number of carbonyl (C=O) groups is 1. The fourth-order valence-corrected chi connectivity index (χ4v) is 5.51. The van der Waals surface area contributed by atoms with Crippen LogP contribution in [0.4, 0.5) is 4.39 Å². The fraction of sp³-hybridized carbons (Fsp3) is 0.640. The summed E-state index contributed by atoms with van der Waals surface area (Å²) in [5.74, 6) is 0.970. The number of nitrogens with one attached hydrogen (secondary N) is 1. The second-order valence-electron chi connectivity index (χ2n) is 9.56. The van der Waals surface area contributed by atoms with Crippen molar-refractivity contribution in [2.24, 2.45) is 11.1 Å². The lowest BCUT2D eigenvalue weighted by atomic mass is 9.51. The van der Waals surface area contributed by atoms with Crippen molar-refractivity contribution in [3.63, 3.8) is 0 Å². The molecule has 4 fully saturated rings. The summed E-state index contributed by atoms with van der Waals surface area (Å²) in [6, 6.07) is 8.20. The van der Waals surface area contributed by atoms with Crippen LogP contribution < -0.4 is 15.8 Å². The highest BCUT2D eigenvalue weighted by Gasteiger charge is 2.52. The van der Waals surface area contributed by atoms with Gasteiger partial charge in [0.1, 0.15) is 12.4 Å². The second-order valence-corrected chi connectivity index (χ2v) is 9.56. The third kappa shape index (κ3) is 5.00. The van der Waals surface area contributed by atoms with E-state index >= 15 is 0 Å². The molecule has 1 saturated heterocycles. The van der Waals surface area contributed by atoms with Crippen LogP contribution in [0.15, 0.2) is 36.2 Å². The van der Waals surface area contributed by atoms with Crippen LogP contribution in [0, 0.1) is 5.41 Å². The summed E-state index contributed by atoms with van der Waals surface area (Å²) < 4.78 is 23.7. The number of nitrogens with zero attached hydrogens (tertiary/aromatic N) is 1. The van der Waals surface area contributed by atoms with Gasteiger partial charge in [0.2, 0.25) is 5.91 Å². The van der Waals surface area contributed by atoms with Gasteiger partial charge in [-0.1, -0.05) is 12.1 Å². The van der Waals surface area contributed by atoms with Crippen molar-refractivity contribution in [1.82, 2.24) is 10.2 Å². The van der Waals surface area contributed by atoms with Crippen molar-refractivity contribution in [3.05, 3.63) is 41.7 Å². The van der Waals surface area contributed by atoms with E-state index in [9.17, 15) is 9.18 Å². The van der Waals surface area contributed by atoms with E-state index in [2.05, 4.69) is 22.3 Å². The molecular weight excluding hydrogens is 409 g/mol. The molecule has 0 unspecified atom stereocenters. The molecule has 4 aliphatic rings. The molecule has 3 saturated carbocycles. The Kier molecular flexibility index (Phi) is 7.48. The van der Waals surface area contributed by atoms with Crippen molar-refractivity contribution in [2.75, 3.05) is 52.5 Å². The Labute approximate surface area is 190 Å². The third-order valence-corrected chi connectivity index (χ3v) is 7.85. The van der Waals surface area contributed by atoms with Crippen LogP contribution in [0.1, 0.15) is 44.1 Å². The molecule has 6 nitrogen and oxygen atoms in total. The van der Waals surface area contributed by atoms with Gasteiger partial charge in [-0.15, -0.1) is 0 Å². The van der Waals surface area contributed by atoms with Gasteiger partial charge in [-0.2, -0.15) is 0 Å². The highest BCUT2D eigenvalue weighted by atomic mass is 19.1. The van der Waals surface area contributed by atoms with Gasteiger partial charge < -0.3 is 20.5 Å². The molecule has 7 heteroatoms. The van der Waals surface area contributed by atoms with Gasteiger partial charge in [0.15, 0.2) is 0 Å². The lowest BCUT2D eigenvalue weighted by Gasteiger charge is -2.52. The number of hydrogen-bond donors (Lipinski definition) is 2. The van der Waals surface area contributed by atoms with Crippen molar-refractivity contribution in [2.45, 2.75) is 43.9 Å². The average Bonchev–Trinajstić information content (AvgIpc) is 2.86. The number of carbonyl (C=O) groups excluding carboxylic acids is 1. The molecule has 1 aliphatic heterocycles. The van der Waals surface area contributed by atoms with Crippen LogP contribution >= 0.6 is 0 Å². The van der Waals surface area contributed by atoms with E-state index in [0.717, 1.165) is 83.7 Å². The summed E-state index contributed by atoms with van der Waals surface area (Å²) in [6.07, 6.45) is 6.52. The minimum atomic E-state index is -0.187. The molecule has 1 aromatic rings. The first-order chi connectivity index (χ1) is 15.6. The van der Waals surface area contributed by atoms with E-state index < -0.39 is 0 Å². The van der Waals surface area contributed by atoms with Crippen LogP contribution in [0.25, 0.3) is 0 Å². The molecule has 3 N–H and O–H groups in total. The van der Waals surface area contributed by atoms with Gasteiger partial charge in [-0.25, -0.2) is 4.39 Å². The van der Waals surface area contributed by atoms with Gasteiger partial charge in [0.25, 0.3) is 0 Å². The molecule has 1 heterocycles. The minimum absolute atomic E-state index is 0.153. The predicted octanol–water partition coefficient (Wildman–Crippen LogP) is 2.92. The second kappa shape index (κ2) is 10.3. The van der Waals surface area contributed by atoms with Crippen molar-refractivity contribution >= 4 is 5.91 Å². The Morgan fingerprint density at radius 3 is 2.38 bits per heavy atom. The Morgan fingerprint density at radius 1 is 1.12 bits per heavy atom. The third-order valence-electron chi connectivity index (χ3n) is 7.85. The van der Waals surface area contributed by atoms with Crippen LogP contribution in [0.3, 0.4) is 0 Å². The zero-order valence-corrected chi connectivity index (χ0v) is 18.9. The Morgan fingerprint density at radius 2 is 1.78 bits per heavy atom. The Hall–Kier alpha value is -1.96. The molecule has 0 spiro atoms. The maximum atomic E-state index is 13.1. The summed E-state index contributed by atoms with van der Waals surface area (Å²) in [4.78, 5) is 15.4. The average molecular weight is 446 g/mol. The molecule has 1 amide bonds. The van der Waals surface area contributed by atoms with E-state index in [0.29, 0.717) is 11.9 Å². The zero-order chi connectivity index (χ0) is 22.4. The van der Waals surface area contributed by atoms with E-state index in [1.165, 1.54) is 5.56 Å². The number of benzene rings is 1. The SMILES string of the molecule is NC/C(=C\F)COc1ccc(C23CCC(C(=O)NCCN4CCOCC4)(CC2)CC3)cc1. The molecule has 1 aromatic carbocycles. The standard InChI is InChI=1S/C25H36FN3O3/c26-17-20(18-27)19-32-22-3-1-21(2-4-22)24-5-8-25(9-6-24,10-7-24)23(30)28-11-12-29-13-15-31-16-14-29/h1-4,17H,5-16,18-19,27H2,(H,28,30)/b20-17+. The van der Waals surface area contributed by atoms with E-state index in [1.807, 2.05) is 12.1 Å². The molecule has 0 aromatic heterocycles. The topological polar surface area (TPSA) is 76.8 Å². The van der Waals surface area contributed by atoms with Gasteiger partial charge in [0, 0.05) is 43.7 Å². The fourth-order valence-electron chi connectivity index (χ4n) is 5.51. The summed E-state index contributed by atoms with van der Waals surface area (Å²) in [7, 11) is 0. The Balaban J connectivity index is 1.28. The highest BCUT2D eigenvalue weighted by molar-refractivity contribution is 5.83. The molecule has 0 atom stereocenters. The lowest BCUT2D eigenvalue weighted by Crippen LogP contribution is -2.52. The summed E-state index contributed by atoms with van der Waals surface area (Å²) in [5, 5.41) is 3.23. The molecule has 0 radical (unpaired) electrons. The molecule has 176 valence electrons. The van der Waals surface area contributed by atoms with Gasteiger partial charge in [-0.05, 0) is 61.6 Å². The summed E-state index contributed by atoms with van der Waals surface area (Å²) >= 11 is 0. The predicted molar refractivity (Wildman–Crippen MR) is 122 cm³/mol. The van der Waals surface area contributed by atoms with Crippen LogP contribution in [-0.2, 0) is 14.9 Å². The monoisotopic (exact) mass is 445 g/mol. The first-order valence-corrected chi connectivity index (χ1v) is 11.9. The van der Waals surface area contributed by atoms with Crippen LogP contribution in [0.2, 0.25) is 0 Å². The highest BCUT2D eigenvalue weighted by Crippen LogP contribution is 2.57. The first-order valence-electron chi connectivity index (χ1n) is 11.9. The smallest absolute Gasteiger partial charge is 0.226 e. The number of rotatable bonds is 9. The van der Waals surface area contributed by atoms with Crippen LogP contribution in [0.5, 0.6) is 5.75 Å². The van der Waals surface area contributed by atoms with E-state index in [-0.39, 0.29) is 29.9 Å². The lowest BCUT2D eigenvalue weighted by molar-refractivity contribution is -0.138. The van der Waals surface area contributed by atoms with Crippen molar-refractivity contribution < 1.29 is 18.7 Å². The molecular formula is C25H36FN3O3. The van der Waals surface area contributed by atoms with Gasteiger partial charge in [-0.3, -0.25) is 9.69 Å². The molecule has 32 heavy (non-hydrogen) atoms. The molecule has 2 bridgehead atoms. The summed E-state index contributed by atoms with van der Waals surface area (Å²) in [6.45, 7) is 5.42. The number of amides is 1. The summed E-state index contributed by atoms with van der Waals surface area (Å²) in [5.41, 5.74) is 7.22. The zero-order valence-electron chi connectivity index (χ0n) is 18.9. The number of nitrogens with two attached hydrogens (primary N) is 1. The molecule has 5 rings (SSSR count). The number of morpholine rings is 1. The van der Waals surface area contributed by atoms with E-state index in [1.54, 1.807) is 0 Å². The van der Waals surface area contributed by atoms with Crippen molar-refractivity contribution in [3.8, 4) is 5.75 Å². The van der Waals surface area contributed by atoms with Crippen LogP contribution in [-0.4, -0.2) is 63.4 Å². The molecule has 3 aliphatic carbocycles. The largest absolute Gasteiger partial charge is 0.489 e. The minimum Gasteiger partial charge on any atom is -0.489 e. The number of fused-ring (bicyclic) bond motifs is 3. The first kappa shape index (κ1) is 23.2. The quantitative estimate of drug-likeness (QED) is 0.611. The Bertz CT molecular complexity index is 781. The maximum absolute atomic E-state index is 13.1. The van der Waals surface area contributed by atoms with Crippen molar-refractivity contribution in [1.29, 1.82) is 0 Å². The number of ether oxygens (including phenoxy) is 2. The van der Waals surface area contributed by atoms with E-state index in [4.69, 9.17) is 15.2 Å². The van der Waals surface area contributed by atoms with Gasteiger partial charge in [0.05, 0.1) is 19.5 Å². The normalized spacial score (nSPS) is 28.5. The van der Waals surface area contributed by atoms with Gasteiger partial charge >= 0.3 is 0 Å². The number of hydrogen-bond acceptors (Lipinski definition) is 5. The maximum Gasteiger partial charge on any atom is 0.226 e. The number of halogens is 1.